The summed E-state index contributed by atoms with van der Waals surface area (Å²) < 4.78 is 6.79. The van der Waals surface area contributed by atoms with Gasteiger partial charge in [-0.25, -0.2) is 0 Å². The third kappa shape index (κ3) is 3.94. The molecule has 0 spiro atoms. The Morgan fingerprint density at radius 2 is 2.26 bits per heavy atom. The molecule has 0 radical (unpaired) electrons. The quantitative estimate of drug-likeness (QED) is 0.901. The topological polar surface area (TPSA) is 32.7 Å². The predicted molar refractivity (Wildman–Crippen MR) is 80.4 cm³/mol. The molecule has 1 saturated heterocycles. The van der Waals surface area contributed by atoms with Crippen LogP contribution in [0.5, 0.6) is 5.75 Å². The lowest BCUT2D eigenvalue weighted by Gasteiger charge is -2.32. The number of hydrogen-bond donors (Lipinski definition) is 1. The van der Waals surface area contributed by atoms with Crippen LogP contribution in [0.2, 0.25) is 0 Å². The number of aliphatic hydroxyl groups is 1. The first kappa shape index (κ1) is 14.8. The number of aliphatic hydroxyl groups excluding tert-OH is 1. The average Bonchev–Trinajstić information content (AvgIpc) is 2.42. The van der Waals surface area contributed by atoms with Crippen LogP contribution >= 0.6 is 15.9 Å². The Morgan fingerprint density at radius 3 is 3.00 bits per heavy atom. The number of hydrogen-bond acceptors (Lipinski definition) is 3. The van der Waals surface area contributed by atoms with E-state index in [2.05, 4.69) is 27.9 Å². The maximum atomic E-state index is 9.32. The van der Waals surface area contributed by atoms with Crippen molar-refractivity contribution in [3.63, 3.8) is 0 Å². The molecule has 3 nitrogen and oxygen atoms in total. The van der Waals surface area contributed by atoms with Crippen LogP contribution in [0.4, 0.5) is 0 Å². The molecular formula is C15H22BrNO2. The second-order valence-corrected chi connectivity index (χ2v) is 6.01. The van der Waals surface area contributed by atoms with Crippen LogP contribution in [0.15, 0.2) is 22.7 Å². The summed E-state index contributed by atoms with van der Waals surface area (Å²) in [6, 6.07) is 6.39. The highest BCUT2D eigenvalue weighted by Crippen LogP contribution is 2.29. The van der Waals surface area contributed by atoms with Crippen molar-refractivity contribution in [2.45, 2.75) is 38.3 Å². The predicted octanol–water partition coefficient (Wildman–Crippen LogP) is 3.19. The average molecular weight is 328 g/mol. The molecule has 0 aromatic heterocycles. The largest absolute Gasteiger partial charge is 0.492 e. The van der Waals surface area contributed by atoms with Crippen molar-refractivity contribution >= 4 is 15.9 Å². The fraction of sp³-hybridized carbons (Fsp3) is 0.600. The van der Waals surface area contributed by atoms with Gasteiger partial charge in [-0.05, 0) is 54.9 Å². The highest BCUT2D eigenvalue weighted by atomic mass is 79.9. The summed E-state index contributed by atoms with van der Waals surface area (Å²) >= 11 is 3.48. The van der Waals surface area contributed by atoms with Crippen LogP contribution in [0.3, 0.4) is 0 Å². The molecule has 0 amide bonds. The number of benzene rings is 1. The molecular weight excluding hydrogens is 306 g/mol. The lowest BCUT2D eigenvalue weighted by Crippen LogP contribution is -2.37. The monoisotopic (exact) mass is 327 g/mol. The Morgan fingerprint density at radius 1 is 1.42 bits per heavy atom. The Bertz CT molecular complexity index is 411. The third-order valence-electron chi connectivity index (χ3n) is 3.84. The van der Waals surface area contributed by atoms with Gasteiger partial charge in [0.1, 0.15) is 5.75 Å². The molecule has 106 valence electrons. The Balaban J connectivity index is 1.88. The van der Waals surface area contributed by atoms with Gasteiger partial charge in [-0.1, -0.05) is 18.6 Å². The lowest BCUT2D eigenvalue weighted by atomic mass is 10.0. The molecule has 1 aromatic rings. The van der Waals surface area contributed by atoms with Crippen LogP contribution in [0.25, 0.3) is 0 Å². The lowest BCUT2D eigenvalue weighted by molar-refractivity contribution is 0.151. The van der Waals surface area contributed by atoms with Gasteiger partial charge in [-0.2, -0.15) is 0 Å². The van der Waals surface area contributed by atoms with Crippen molar-refractivity contribution in [2.75, 3.05) is 20.2 Å². The van der Waals surface area contributed by atoms with Gasteiger partial charge in [0, 0.05) is 11.6 Å². The van der Waals surface area contributed by atoms with Gasteiger partial charge in [-0.3, -0.25) is 0 Å². The fourth-order valence-electron chi connectivity index (χ4n) is 2.65. The number of rotatable bonds is 5. The van der Waals surface area contributed by atoms with E-state index in [4.69, 9.17) is 4.74 Å². The van der Waals surface area contributed by atoms with Crippen molar-refractivity contribution in [3.8, 4) is 5.75 Å². The number of likely N-dealkylation sites (tertiary alicyclic amines) is 1. The molecule has 1 aliphatic rings. The SMILES string of the molecule is CN1CCCCC1CCOc1c(Br)cccc1CO. The molecule has 1 fully saturated rings. The van der Waals surface area contributed by atoms with Crippen molar-refractivity contribution in [2.24, 2.45) is 0 Å². The number of piperidine rings is 1. The zero-order valence-corrected chi connectivity index (χ0v) is 13.0. The second kappa shape index (κ2) is 7.27. The van der Waals surface area contributed by atoms with E-state index < -0.39 is 0 Å². The smallest absolute Gasteiger partial charge is 0.138 e. The first-order valence-electron chi connectivity index (χ1n) is 6.93. The minimum Gasteiger partial charge on any atom is -0.492 e. The first-order valence-corrected chi connectivity index (χ1v) is 7.73. The van der Waals surface area contributed by atoms with Gasteiger partial charge in [0.05, 0.1) is 17.7 Å². The Labute approximate surface area is 123 Å². The summed E-state index contributed by atoms with van der Waals surface area (Å²) in [5, 5.41) is 9.32. The molecule has 1 atom stereocenters. The van der Waals surface area contributed by atoms with Crippen molar-refractivity contribution < 1.29 is 9.84 Å². The maximum Gasteiger partial charge on any atom is 0.138 e. The first-order chi connectivity index (χ1) is 9.22. The van der Waals surface area contributed by atoms with Crippen LogP contribution in [0, 0.1) is 0 Å². The number of nitrogens with zero attached hydrogens (tertiary/aromatic N) is 1. The van der Waals surface area contributed by atoms with Crippen molar-refractivity contribution in [3.05, 3.63) is 28.2 Å². The Kier molecular flexibility index (Phi) is 5.67. The van der Waals surface area contributed by atoms with Crippen molar-refractivity contribution in [1.82, 2.24) is 4.90 Å². The number of para-hydroxylation sites is 1. The van der Waals surface area contributed by atoms with Gasteiger partial charge in [0.2, 0.25) is 0 Å². The van der Waals surface area contributed by atoms with Crippen molar-refractivity contribution in [1.29, 1.82) is 0 Å². The molecule has 1 heterocycles. The molecule has 1 aliphatic heterocycles. The molecule has 1 aromatic carbocycles. The van der Waals surface area contributed by atoms with Gasteiger partial charge >= 0.3 is 0 Å². The van der Waals surface area contributed by atoms with E-state index in [9.17, 15) is 5.11 Å². The zero-order valence-electron chi connectivity index (χ0n) is 11.4. The molecule has 0 aliphatic carbocycles. The summed E-state index contributed by atoms with van der Waals surface area (Å²) in [4.78, 5) is 2.43. The number of ether oxygens (including phenoxy) is 1. The van der Waals surface area contributed by atoms with Gasteiger partial charge in [0.15, 0.2) is 0 Å². The minimum atomic E-state index is 0.0120. The van der Waals surface area contributed by atoms with E-state index in [0.717, 1.165) is 22.2 Å². The molecule has 4 heteroatoms. The normalized spacial score (nSPS) is 20.5. The van der Waals surface area contributed by atoms with Gasteiger partial charge in [0.25, 0.3) is 0 Å². The van der Waals surface area contributed by atoms with Crippen LogP contribution < -0.4 is 4.74 Å². The van der Waals surface area contributed by atoms with E-state index in [0.29, 0.717) is 12.6 Å². The Hall–Kier alpha value is -0.580. The highest BCUT2D eigenvalue weighted by Gasteiger charge is 2.18. The van der Waals surface area contributed by atoms with E-state index >= 15 is 0 Å². The summed E-state index contributed by atoms with van der Waals surface area (Å²) in [5.41, 5.74) is 0.839. The summed E-state index contributed by atoms with van der Waals surface area (Å²) in [7, 11) is 2.20. The molecule has 1 unspecified atom stereocenters. The summed E-state index contributed by atoms with van der Waals surface area (Å²) in [6.45, 7) is 1.91. The minimum absolute atomic E-state index is 0.0120. The maximum absolute atomic E-state index is 9.32. The molecule has 0 saturated carbocycles. The third-order valence-corrected chi connectivity index (χ3v) is 4.46. The standard InChI is InChI=1S/C15H22BrNO2/c1-17-9-3-2-6-13(17)8-10-19-15-12(11-18)5-4-7-14(15)16/h4-5,7,13,18H,2-3,6,8-11H2,1H3. The van der Waals surface area contributed by atoms with E-state index in [-0.39, 0.29) is 6.61 Å². The summed E-state index contributed by atoms with van der Waals surface area (Å²) in [6.07, 6.45) is 4.95. The van der Waals surface area contributed by atoms with E-state index in [1.807, 2.05) is 18.2 Å². The van der Waals surface area contributed by atoms with Gasteiger partial charge in [-0.15, -0.1) is 0 Å². The van der Waals surface area contributed by atoms with Crippen LogP contribution in [-0.2, 0) is 6.61 Å². The van der Waals surface area contributed by atoms with Gasteiger partial charge < -0.3 is 14.7 Å². The molecule has 19 heavy (non-hydrogen) atoms. The second-order valence-electron chi connectivity index (χ2n) is 5.15. The van der Waals surface area contributed by atoms with E-state index in [1.54, 1.807) is 0 Å². The fourth-order valence-corrected chi connectivity index (χ4v) is 3.17. The summed E-state index contributed by atoms with van der Waals surface area (Å²) in [5.74, 6) is 0.781. The molecule has 2 rings (SSSR count). The molecule has 0 bridgehead atoms. The number of halogens is 1. The highest BCUT2D eigenvalue weighted by molar-refractivity contribution is 9.10. The molecule has 1 N–H and O–H groups in total. The van der Waals surface area contributed by atoms with Crippen LogP contribution in [0.1, 0.15) is 31.2 Å². The van der Waals surface area contributed by atoms with E-state index in [1.165, 1.54) is 25.8 Å². The van der Waals surface area contributed by atoms with Crippen LogP contribution in [-0.4, -0.2) is 36.2 Å². The zero-order chi connectivity index (χ0) is 13.7.